The topological polar surface area (TPSA) is 92.8 Å². The second-order valence-electron chi connectivity index (χ2n) is 7.13. The summed E-state index contributed by atoms with van der Waals surface area (Å²) in [6.45, 7) is 1.15. The molecule has 0 saturated heterocycles. The molecule has 0 spiro atoms. The lowest BCUT2D eigenvalue weighted by Gasteiger charge is -2.20. The number of anilines is 2. The Balaban J connectivity index is 1.74. The van der Waals surface area contributed by atoms with E-state index in [1.54, 1.807) is 37.3 Å². The summed E-state index contributed by atoms with van der Waals surface area (Å²) in [6, 6.07) is 14.9. The summed E-state index contributed by atoms with van der Waals surface area (Å²) in [5.41, 5.74) is 1.42. The first-order valence-corrected chi connectivity index (χ1v) is 12.3. The third-order valence-corrected chi connectivity index (χ3v) is 7.80. The maximum Gasteiger partial charge on any atom is 0.338 e. The summed E-state index contributed by atoms with van der Waals surface area (Å²) in [4.78, 5) is 24.4. The minimum atomic E-state index is -4.11. The highest BCUT2D eigenvalue weighted by atomic mass is 35.5. The van der Waals surface area contributed by atoms with E-state index in [4.69, 9.17) is 39.5 Å². The Labute approximate surface area is 212 Å². The molecule has 1 N–H and O–H groups in total. The van der Waals surface area contributed by atoms with E-state index in [-0.39, 0.29) is 15.5 Å². The van der Waals surface area contributed by atoms with Gasteiger partial charge in [-0.25, -0.2) is 13.2 Å². The maximum atomic E-state index is 13.1. The van der Waals surface area contributed by atoms with E-state index < -0.39 is 28.5 Å². The highest BCUT2D eigenvalue weighted by Crippen LogP contribution is 2.29. The van der Waals surface area contributed by atoms with Crippen LogP contribution in [0.2, 0.25) is 15.1 Å². The van der Waals surface area contributed by atoms with Gasteiger partial charge in [0.2, 0.25) is 0 Å². The standard InChI is InChI=1S/C23H19Cl3N2O5S/c1-14-18(25)4-3-5-20(14)27-22(29)13-33-23(30)15-6-11-19(26)21(12-15)34(31,32)28(2)17-9-7-16(24)8-10-17/h3-12H,13H2,1-2H3,(H,27,29). The maximum absolute atomic E-state index is 13.1. The van der Waals surface area contributed by atoms with Crippen LogP contribution in [0.1, 0.15) is 15.9 Å². The van der Waals surface area contributed by atoms with Gasteiger partial charge in [0.25, 0.3) is 15.9 Å². The van der Waals surface area contributed by atoms with Crippen molar-refractivity contribution < 1.29 is 22.7 Å². The third kappa shape index (κ3) is 5.82. The highest BCUT2D eigenvalue weighted by Gasteiger charge is 2.26. The predicted octanol–water partition coefficient (Wildman–Crippen LogP) is 5.58. The zero-order valence-corrected chi connectivity index (χ0v) is 21.1. The fourth-order valence-corrected chi connectivity index (χ4v) is 4.90. The molecule has 0 aromatic heterocycles. The lowest BCUT2D eigenvalue weighted by Crippen LogP contribution is -2.27. The van der Waals surface area contributed by atoms with E-state index in [9.17, 15) is 18.0 Å². The number of amides is 1. The summed E-state index contributed by atoms with van der Waals surface area (Å²) < 4.78 is 32.3. The van der Waals surface area contributed by atoms with E-state index >= 15 is 0 Å². The SMILES string of the molecule is Cc1c(Cl)cccc1NC(=O)COC(=O)c1ccc(Cl)c(S(=O)(=O)N(C)c2ccc(Cl)cc2)c1. The number of esters is 1. The molecule has 3 rings (SSSR count). The molecule has 0 heterocycles. The average Bonchev–Trinajstić information content (AvgIpc) is 2.80. The van der Waals surface area contributed by atoms with E-state index in [1.165, 1.54) is 31.3 Å². The summed E-state index contributed by atoms with van der Waals surface area (Å²) >= 11 is 18.0. The normalized spacial score (nSPS) is 11.1. The molecule has 3 aromatic carbocycles. The van der Waals surface area contributed by atoms with Crippen LogP contribution in [0.25, 0.3) is 0 Å². The minimum absolute atomic E-state index is 0.0773. The van der Waals surface area contributed by atoms with E-state index in [0.717, 1.165) is 10.4 Å². The minimum Gasteiger partial charge on any atom is -0.452 e. The van der Waals surface area contributed by atoms with Crippen LogP contribution in [0.4, 0.5) is 11.4 Å². The van der Waals surface area contributed by atoms with Gasteiger partial charge in [-0.3, -0.25) is 9.10 Å². The number of nitrogens with zero attached hydrogens (tertiary/aromatic N) is 1. The van der Waals surface area contributed by atoms with Crippen molar-refractivity contribution >= 4 is 68.1 Å². The molecule has 0 atom stereocenters. The van der Waals surface area contributed by atoms with Gasteiger partial charge in [-0.1, -0.05) is 40.9 Å². The van der Waals surface area contributed by atoms with Crippen LogP contribution in [0, 0.1) is 6.92 Å². The molecular formula is C23H19Cl3N2O5S. The van der Waals surface area contributed by atoms with E-state index in [0.29, 0.717) is 27.0 Å². The Bertz CT molecular complexity index is 1350. The zero-order chi connectivity index (χ0) is 25.0. The Morgan fingerprint density at radius 2 is 1.65 bits per heavy atom. The number of carbonyl (C=O) groups is 2. The zero-order valence-electron chi connectivity index (χ0n) is 18.0. The Morgan fingerprint density at radius 1 is 0.971 bits per heavy atom. The number of hydrogen-bond donors (Lipinski definition) is 1. The molecule has 7 nitrogen and oxygen atoms in total. The molecule has 0 saturated carbocycles. The second-order valence-corrected chi connectivity index (χ2v) is 10.3. The largest absolute Gasteiger partial charge is 0.452 e. The van der Waals surface area contributed by atoms with Crippen LogP contribution in [-0.4, -0.2) is 33.9 Å². The number of hydrogen-bond acceptors (Lipinski definition) is 5. The first-order chi connectivity index (χ1) is 16.0. The molecule has 0 fully saturated rings. The lowest BCUT2D eigenvalue weighted by atomic mass is 10.2. The molecular weight excluding hydrogens is 523 g/mol. The van der Waals surface area contributed by atoms with Crippen LogP contribution in [-0.2, 0) is 19.6 Å². The number of ether oxygens (including phenoxy) is 1. The molecule has 0 radical (unpaired) electrons. The van der Waals surface area contributed by atoms with Gasteiger partial charge in [0, 0.05) is 22.8 Å². The number of benzene rings is 3. The van der Waals surface area contributed by atoms with Gasteiger partial charge < -0.3 is 10.1 Å². The predicted molar refractivity (Wildman–Crippen MR) is 134 cm³/mol. The molecule has 0 bridgehead atoms. The number of carbonyl (C=O) groups excluding carboxylic acids is 2. The molecule has 0 unspecified atom stereocenters. The molecule has 11 heteroatoms. The molecule has 0 aliphatic rings. The molecule has 34 heavy (non-hydrogen) atoms. The molecule has 178 valence electrons. The monoisotopic (exact) mass is 540 g/mol. The van der Waals surface area contributed by atoms with Crippen molar-refractivity contribution in [2.24, 2.45) is 0 Å². The number of halogens is 3. The first-order valence-electron chi connectivity index (χ1n) is 9.77. The van der Waals surface area contributed by atoms with Crippen molar-refractivity contribution in [2.45, 2.75) is 11.8 Å². The smallest absolute Gasteiger partial charge is 0.338 e. The van der Waals surface area contributed by atoms with Crippen molar-refractivity contribution in [2.75, 3.05) is 23.3 Å². The highest BCUT2D eigenvalue weighted by molar-refractivity contribution is 7.93. The summed E-state index contributed by atoms with van der Waals surface area (Å²) in [6.07, 6.45) is 0. The Hall–Kier alpha value is -2.78. The van der Waals surface area contributed by atoms with Gasteiger partial charge in [-0.15, -0.1) is 0 Å². The lowest BCUT2D eigenvalue weighted by molar-refractivity contribution is -0.119. The average molecular weight is 542 g/mol. The van der Waals surface area contributed by atoms with Gasteiger partial charge in [-0.2, -0.15) is 0 Å². The fraction of sp³-hybridized carbons (Fsp3) is 0.130. The van der Waals surface area contributed by atoms with Crippen molar-refractivity contribution in [3.63, 3.8) is 0 Å². The second kappa shape index (κ2) is 10.7. The van der Waals surface area contributed by atoms with Gasteiger partial charge in [0.05, 0.1) is 16.3 Å². The van der Waals surface area contributed by atoms with Crippen molar-refractivity contribution in [3.05, 3.63) is 86.9 Å². The Morgan fingerprint density at radius 3 is 2.32 bits per heavy atom. The van der Waals surface area contributed by atoms with Gasteiger partial charge in [-0.05, 0) is 67.1 Å². The van der Waals surface area contributed by atoms with Crippen molar-refractivity contribution in [1.82, 2.24) is 0 Å². The molecule has 3 aromatic rings. The Kier molecular flexibility index (Phi) is 8.09. The quantitative estimate of drug-likeness (QED) is 0.395. The van der Waals surface area contributed by atoms with Crippen LogP contribution in [0.3, 0.4) is 0 Å². The van der Waals surface area contributed by atoms with E-state index in [2.05, 4.69) is 5.32 Å². The summed E-state index contributed by atoms with van der Waals surface area (Å²) in [7, 11) is -2.76. The van der Waals surface area contributed by atoms with Crippen molar-refractivity contribution in [1.29, 1.82) is 0 Å². The van der Waals surface area contributed by atoms with E-state index in [1.807, 2.05) is 0 Å². The van der Waals surface area contributed by atoms with Crippen LogP contribution in [0.5, 0.6) is 0 Å². The van der Waals surface area contributed by atoms with Crippen molar-refractivity contribution in [3.8, 4) is 0 Å². The summed E-state index contributed by atoms with van der Waals surface area (Å²) in [5.74, 6) is -1.47. The van der Waals surface area contributed by atoms with Crippen LogP contribution in [0.15, 0.2) is 65.6 Å². The van der Waals surface area contributed by atoms with Crippen LogP contribution < -0.4 is 9.62 Å². The van der Waals surface area contributed by atoms with Gasteiger partial charge in [0.1, 0.15) is 4.90 Å². The molecule has 0 aliphatic carbocycles. The molecule has 0 aliphatic heterocycles. The van der Waals surface area contributed by atoms with Crippen LogP contribution >= 0.6 is 34.8 Å². The number of sulfonamides is 1. The van der Waals surface area contributed by atoms with Gasteiger partial charge in [0.15, 0.2) is 6.61 Å². The fourth-order valence-electron chi connectivity index (χ4n) is 2.91. The number of rotatable bonds is 7. The van der Waals surface area contributed by atoms with Gasteiger partial charge >= 0.3 is 5.97 Å². The first kappa shape index (κ1) is 25.8. The third-order valence-electron chi connectivity index (χ3n) is 4.87. The summed E-state index contributed by atoms with van der Waals surface area (Å²) in [5, 5.41) is 3.46. The number of nitrogens with one attached hydrogen (secondary N) is 1. The molecule has 1 amide bonds.